The molecule has 0 spiro atoms. The van der Waals surface area contributed by atoms with Gasteiger partial charge in [0.25, 0.3) is 5.91 Å². The van der Waals surface area contributed by atoms with Gasteiger partial charge >= 0.3 is 0 Å². The lowest BCUT2D eigenvalue weighted by Gasteiger charge is -2.35. The maximum Gasteiger partial charge on any atom is 0.253 e. The molecule has 2 aromatic rings. The molecule has 2 bridgehead atoms. The van der Waals surface area contributed by atoms with Crippen LogP contribution in [0.15, 0.2) is 35.2 Å². The van der Waals surface area contributed by atoms with Crippen molar-refractivity contribution in [1.82, 2.24) is 15.2 Å². The van der Waals surface area contributed by atoms with Crippen LogP contribution in [0, 0.1) is 0 Å². The third-order valence-corrected chi connectivity index (χ3v) is 5.90. The van der Waals surface area contributed by atoms with Crippen LogP contribution < -0.4 is 10.1 Å². The predicted octanol–water partition coefficient (Wildman–Crippen LogP) is 3.92. The fraction of sp³-hybridized carbons (Fsp3) is 0.474. The molecule has 8 heteroatoms. The second kappa shape index (κ2) is 9.73. The van der Waals surface area contributed by atoms with Crippen LogP contribution in [0.4, 0.5) is 0 Å². The number of aromatic nitrogens is 1. The summed E-state index contributed by atoms with van der Waals surface area (Å²) >= 11 is 1.55. The van der Waals surface area contributed by atoms with Gasteiger partial charge < -0.3 is 15.0 Å². The summed E-state index contributed by atoms with van der Waals surface area (Å²) < 4.78 is 5.77. The zero-order chi connectivity index (χ0) is 17.2. The maximum atomic E-state index is 12.9. The SMILES string of the molecule is CN(C(=O)c1cccc(OCc2cscn2)c1)C1CC2CCC(C1)N2.Cl.Cl. The van der Waals surface area contributed by atoms with Gasteiger partial charge in [0, 0.05) is 36.1 Å². The minimum atomic E-state index is 0. The summed E-state index contributed by atoms with van der Waals surface area (Å²) in [6, 6.07) is 8.94. The Hall–Kier alpha value is -1.34. The van der Waals surface area contributed by atoms with E-state index >= 15 is 0 Å². The number of carbonyl (C=O) groups excluding carboxylic acids is 1. The number of amides is 1. The third kappa shape index (κ3) is 5.13. The summed E-state index contributed by atoms with van der Waals surface area (Å²) in [5.41, 5.74) is 3.38. The van der Waals surface area contributed by atoms with Crippen LogP contribution in [0.2, 0.25) is 0 Å². The van der Waals surface area contributed by atoms with Crippen molar-refractivity contribution in [1.29, 1.82) is 0 Å². The lowest BCUT2D eigenvalue weighted by molar-refractivity contribution is 0.0681. The average Bonchev–Trinajstić information content (AvgIpc) is 3.28. The van der Waals surface area contributed by atoms with Crippen LogP contribution in [-0.4, -0.2) is 41.0 Å². The summed E-state index contributed by atoms with van der Waals surface area (Å²) in [7, 11) is 1.93. The maximum absolute atomic E-state index is 12.9. The number of halogens is 2. The summed E-state index contributed by atoms with van der Waals surface area (Å²) in [4.78, 5) is 19.0. The number of hydrogen-bond donors (Lipinski definition) is 1. The van der Waals surface area contributed by atoms with Crippen LogP contribution in [0.3, 0.4) is 0 Å². The van der Waals surface area contributed by atoms with Gasteiger partial charge in [-0.2, -0.15) is 0 Å². The molecule has 2 fully saturated rings. The van der Waals surface area contributed by atoms with Crippen LogP contribution in [0.5, 0.6) is 5.75 Å². The molecule has 1 aromatic heterocycles. The van der Waals surface area contributed by atoms with Gasteiger partial charge in [0.1, 0.15) is 12.4 Å². The first kappa shape index (κ1) is 22.0. The van der Waals surface area contributed by atoms with Gasteiger partial charge in [-0.25, -0.2) is 4.98 Å². The van der Waals surface area contributed by atoms with Crippen LogP contribution in [-0.2, 0) is 6.61 Å². The van der Waals surface area contributed by atoms with Gasteiger partial charge in [0.2, 0.25) is 0 Å². The molecular formula is C19H25Cl2N3O2S. The third-order valence-electron chi connectivity index (χ3n) is 5.27. The van der Waals surface area contributed by atoms with E-state index in [9.17, 15) is 4.79 Å². The number of thiazole rings is 1. The van der Waals surface area contributed by atoms with Crippen molar-refractivity contribution in [2.24, 2.45) is 0 Å². The molecule has 4 rings (SSSR count). The number of ether oxygens (including phenoxy) is 1. The molecule has 0 saturated carbocycles. The number of hydrogen-bond acceptors (Lipinski definition) is 5. The van der Waals surface area contributed by atoms with E-state index in [1.165, 1.54) is 12.8 Å². The van der Waals surface area contributed by atoms with Gasteiger partial charge in [0.05, 0.1) is 11.2 Å². The minimum absolute atomic E-state index is 0. The number of piperidine rings is 1. The van der Waals surface area contributed by atoms with Crippen molar-refractivity contribution in [2.75, 3.05) is 7.05 Å². The molecular weight excluding hydrogens is 405 g/mol. The molecule has 2 saturated heterocycles. The Labute approximate surface area is 176 Å². The minimum Gasteiger partial charge on any atom is -0.487 e. The zero-order valence-electron chi connectivity index (χ0n) is 15.2. The molecule has 1 N–H and O–H groups in total. The standard InChI is InChI=1S/C19H23N3O2S.2ClH/c1-22(17-8-14-5-6-15(9-17)21-14)19(23)13-3-2-4-18(7-13)24-10-16-11-25-12-20-16;;/h2-4,7,11-12,14-15,17,21H,5-6,8-10H2,1H3;2*1H. The molecule has 1 aromatic carbocycles. The van der Waals surface area contributed by atoms with E-state index in [1.807, 2.05) is 41.6 Å². The number of nitrogens with one attached hydrogen (secondary N) is 1. The number of fused-ring (bicyclic) bond motifs is 2. The van der Waals surface area contributed by atoms with E-state index in [4.69, 9.17) is 4.74 Å². The van der Waals surface area contributed by atoms with Gasteiger partial charge in [-0.1, -0.05) is 6.07 Å². The van der Waals surface area contributed by atoms with Crippen molar-refractivity contribution in [3.05, 3.63) is 46.4 Å². The second-order valence-electron chi connectivity index (χ2n) is 6.98. The number of rotatable bonds is 5. The zero-order valence-corrected chi connectivity index (χ0v) is 17.6. The van der Waals surface area contributed by atoms with Crippen molar-refractivity contribution >= 4 is 42.1 Å². The topological polar surface area (TPSA) is 54.5 Å². The summed E-state index contributed by atoms with van der Waals surface area (Å²) in [6.45, 7) is 0.425. The first-order chi connectivity index (χ1) is 12.2. The molecule has 27 heavy (non-hydrogen) atoms. The number of nitrogens with zero attached hydrogens (tertiary/aromatic N) is 2. The molecule has 2 aliphatic heterocycles. The highest BCUT2D eigenvalue weighted by Gasteiger charge is 2.36. The summed E-state index contributed by atoms with van der Waals surface area (Å²) in [5.74, 6) is 0.781. The molecule has 2 atom stereocenters. The van der Waals surface area contributed by atoms with E-state index in [2.05, 4.69) is 10.3 Å². The molecule has 0 aliphatic carbocycles. The average molecular weight is 430 g/mol. The van der Waals surface area contributed by atoms with Crippen molar-refractivity contribution in [3.8, 4) is 5.75 Å². The first-order valence-electron chi connectivity index (χ1n) is 8.82. The number of benzene rings is 1. The molecule has 3 heterocycles. The first-order valence-corrected chi connectivity index (χ1v) is 9.76. The Kier molecular flexibility index (Phi) is 7.91. The fourth-order valence-corrected chi connectivity index (χ4v) is 4.44. The summed E-state index contributed by atoms with van der Waals surface area (Å²) in [6.07, 6.45) is 4.59. The quantitative estimate of drug-likeness (QED) is 0.782. The van der Waals surface area contributed by atoms with Crippen molar-refractivity contribution in [2.45, 2.75) is 50.4 Å². The Balaban J connectivity index is 0.00000131. The number of carbonyl (C=O) groups is 1. The van der Waals surface area contributed by atoms with Crippen LogP contribution in [0.1, 0.15) is 41.7 Å². The van der Waals surface area contributed by atoms with E-state index in [1.54, 1.807) is 16.8 Å². The molecule has 1 amide bonds. The van der Waals surface area contributed by atoms with E-state index in [0.717, 1.165) is 18.5 Å². The normalized spacial score (nSPS) is 23.1. The van der Waals surface area contributed by atoms with E-state index < -0.39 is 0 Å². The molecule has 148 valence electrons. The lowest BCUT2D eigenvalue weighted by atomic mass is 9.98. The van der Waals surface area contributed by atoms with E-state index in [-0.39, 0.29) is 30.7 Å². The predicted molar refractivity (Wildman–Crippen MR) is 112 cm³/mol. The highest BCUT2D eigenvalue weighted by atomic mass is 35.5. The van der Waals surface area contributed by atoms with Gasteiger partial charge in [-0.15, -0.1) is 36.2 Å². The molecule has 0 radical (unpaired) electrons. The molecule has 2 unspecified atom stereocenters. The smallest absolute Gasteiger partial charge is 0.253 e. The second-order valence-corrected chi connectivity index (χ2v) is 7.69. The Morgan fingerprint density at radius 1 is 1.30 bits per heavy atom. The Morgan fingerprint density at radius 2 is 2.04 bits per heavy atom. The van der Waals surface area contributed by atoms with Crippen molar-refractivity contribution < 1.29 is 9.53 Å². The lowest BCUT2D eigenvalue weighted by Crippen LogP contribution is -2.48. The highest BCUT2D eigenvalue weighted by molar-refractivity contribution is 7.07. The fourth-order valence-electron chi connectivity index (χ4n) is 3.90. The van der Waals surface area contributed by atoms with E-state index in [0.29, 0.717) is 36.0 Å². The summed E-state index contributed by atoms with van der Waals surface area (Å²) in [5, 5.41) is 5.60. The Bertz CT molecular complexity index is 732. The van der Waals surface area contributed by atoms with Gasteiger partial charge in [-0.3, -0.25) is 4.79 Å². The highest BCUT2D eigenvalue weighted by Crippen LogP contribution is 2.30. The monoisotopic (exact) mass is 429 g/mol. The largest absolute Gasteiger partial charge is 0.487 e. The molecule has 2 aliphatic rings. The van der Waals surface area contributed by atoms with Gasteiger partial charge in [0.15, 0.2) is 0 Å². The Morgan fingerprint density at radius 3 is 2.70 bits per heavy atom. The molecule has 5 nitrogen and oxygen atoms in total. The van der Waals surface area contributed by atoms with Crippen LogP contribution >= 0.6 is 36.2 Å². The van der Waals surface area contributed by atoms with Crippen LogP contribution in [0.25, 0.3) is 0 Å². The van der Waals surface area contributed by atoms with Gasteiger partial charge in [-0.05, 0) is 43.9 Å². The van der Waals surface area contributed by atoms with Crippen molar-refractivity contribution in [3.63, 3.8) is 0 Å².